The fraction of sp³-hybridized carbons (Fsp3) is 0.0833. The number of aryl methyl sites for hydroxylation is 1. The predicted octanol–water partition coefficient (Wildman–Crippen LogP) is 5.33. The maximum atomic E-state index is 12.3. The van der Waals surface area contributed by atoms with Gasteiger partial charge in [0.05, 0.1) is 0 Å². The van der Waals surface area contributed by atoms with Crippen LogP contribution < -0.4 is 10.1 Å². The minimum Gasteiger partial charge on any atom is -0.457 e. The molecule has 0 saturated heterocycles. The molecule has 0 aliphatic rings. The first-order chi connectivity index (χ1) is 14.6. The number of hydrogen-bond acceptors (Lipinski definition) is 5. The summed E-state index contributed by atoms with van der Waals surface area (Å²) in [6, 6.07) is 23.6. The first kappa shape index (κ1) is 19.3. The number of benzene rings is 3. The van der Waals surface area contributed by atoms with Crippen LogP contribution in [0.5, 0.6) is 11.5 Å². The van der Waals surface area contributed by atoms with E-state index in [1.54, 1.807) is 37.3 Å². The highest BCUT2D eigenvalue weighted by molar-refractivity contribution is 5.98. The molecular formula is C24H19NO5. The average molecular weight is 401 g/mol. The molecule has 4 rings (SSSR count). The highest BCUT2D eigenvalue weighted by Gasteiger charge is 2.19. The van der Waals surface area contributed by atoms with Gasteiger partial charge in [-0.3, -0.25) is 4.79 Å². The molecule has 0 saturated carbocycles. The average Bonchev–Trinajstić information content (AvgIpc) is 3.11. The van der Waals surface area contributed by atoms with Gasteiger partial charge in [0.25, 0.3) is 5.91 Å². The molecule has 1 heterocycles. The highest BCUT2D eigenvalue weighted by atomic mass is 16.5. The van der Waals surface area contributed by atoms with E-state index in [0.29, 0.717) is 22.6 Å². The van der Waals surface area contributed by atoms with Gasteiger partial charge in [-0.1, -0.05) is 36.4 Å². The summed E-state index contributed by atoms with van der Waals surface area (Å²) in [5.74, 6) is 0.346. The van der Waals surface area contributed by atoms with Crippen LogP contribution in [0.15, 0.2) is 83.3 Å². The molecule has 0 aliphatic heterocycles. The Morgan fingerprint density at radius 3 is 2.27 bits per heavy atom. The number of hydrogen-bond donors (Lipinski definition) is 1. The lowest BCUT2D eigenvalue weighted by molar-refractivity contribution is -0.119. The minimum atomic E-state index is -0.676. The second kappa shape index (κ2) is 8.53. The number of para-hydroxylation sites is 2. The number of anilines is 1. The first-order valence-corrected chi connectivity index (χ1v) is 9.38. The molecule has 0 radical (unpaired) electrons. The lowest BCUT2D eigenvalue weighted by Crippen LogP contribution is -2.21. The van der Waals surface area contributed by atoms with Gasteiger partial charge in [-0.2, -0.15) is 0 Å². The molecule has 30 heavy (non-hydrogen) atoms. The van der Waals surface area contributed by atoms with E-state index in [0.717, 1.165) is 11.1 Å². The highest BCUT2D eigenvalue weighted by Crippen LogP contribution is 2.25. The van der Waals surface area contributed by atoms with Crippen LogP contribution in [0.25, 0.3) is 11.0 Å². The van der Waals surface area contributed by atoms with Gasteiger partial charge < -0.3 is 19.2 Å². The molecule has 0 unspecified atom stereocenters. The summed E-state index contributed by atoms with van der Waals surface area (Å²) in [7, 11) is 0. The van der Waals surface area contributed by atoms with E-state index < -0.39 is 18.5 Å². The Kier molecular flexibility index (Phi) is 5.48. The molecule has 150 valence electrons. The van der Waals surface area contributed by atoms with E-state index >= 15 is 0 Å². The lowest BCUT2D eigenvalue weighted by atomic mass is 10.1. The number of carbonyl (C=O) groups is 2. The van der Waals surface area contributed by atoms with Crippen LogP contribution in [0.1, 0.15) is 16.1 Å². The smallest absolute Gasteiger partial charge is 0.375 e. The summed E-state index contributed by atoms with van der Waals surface area (Å²) in [5, 5.41) is 3.52. The van der Waals surface area contributed by atoms with Gasteiger partial charge in [-0.15, -0.1) is 0 Å². The molecule has 0 fully saturated rings. The van der Waals surface area contributed by atoms with Crippen LogP contribution >= 0.6 is 0 Å². The summed E-state index contributed by atoms with van der Waals surface area (Å²) in [6.07, 6.45) is 0. The van der Waals surface area contributed by atoms with Crippen molar-refractivity contribution in [1.82, 2.24) is 0 Å². The van der Waals surface area contributed by atoms with E-state index in [9.17, 15) is 9.59 Å². The Morgan fingerprint density at radius 1 is 0.867 bits per heavy atom. The molecule has 6 heteroatoms. The monoisotopic (exact) mass is 401 g/mol. The number of nitrogens with one attached hydrogen (secondary N) is 1. The van der Waals surface area contributed by atoms with E-state index in [4.69, 9.17) is 13.9 Å². The quantitative estimate of drug-likeness (QED) is 0.442. The van der Waals surface area contributed by atoms with Crippen LogP contribution in [0.4, 0.5) is 5.69 Å². The molecule has 0 bridgehead atoms. The zero-order chi connectivity index (χ0) is 20.9. The molecule has 3 aromatic carbocycles. The number of fused-ring (bicyclic) bond motifs is 1. The van der Waals surface area contributed by atoms with Crippen molar-refractivity contribution in [3.8, 4) is 11.5 Å². The number of amides is 1. The topological polar surface area (TPSA) is 77.8 Å². The number of rotatable bonds is 6. The molecule has 1 aromatic heterocycles. The van der Waals surface area contributed by atoms with Crippen molar-refractivity contribution < 1.29 is 23.5 Å². The third-order valence-corrected chi connectivity index (χ3v) is 4.48. The van der Waals surface area contributed by atoms with Crippen molar-refractivity contribution in [2.45, 2.75) is 6.92 Å². The molecule has 0 aliphatic carbocycles. The van der Waals surface area contributed by atoms with Crippen molar-refractivity contribution in [1.29, 1.82) is 0 Å². The maximum Gasteiger partial charge on any atom is 0.375 e. The predicted molar refractivity (Wildman–Crippen MR) is 113 cm³/mol. The molecular weight excluding hydrogens is 382 g/mol. The van der Waals surface area contributed by atoms with Crippen molar-refractivity contribution in [2.75, 3.05) is 11.9 Å². The van der Waals surface area contributed by atoms with E-state index in [1.807, 2.05) is 48.5 Å². The van der Waals surface area contributed by atoms with Gasteiger partial charge in [-0.05, 0) is 49.4 Å². The Labute approximate surface area is 173 Å². The van der Waals surface area contributed by atoms with Gasteiger partial charge in [0.15, 0.2) is 6.61 Å². The third-order valence-electron chi connectivity index (χ3n) is 4.48. The summed E-state index contributed by atoms with van der Waals surface area (Å²) in [5.41, 5.74) is 1.85. The summed E-state index contributed by atoms with van der Waals surface area (Å²) >= 11 is 0. The van der Waals surface area contributed by atoms with E-state index in [2.05, 4.69) is 5.32 Å². The standard InChI is InChI=1S/C24H19NO5/c1-16-20-9-5-6-10-21(20)30-23(16)24(27)28-15-22(26)25-17-11-13-19(14-12-17)29-18-7-3-2-4-8-18/h2-14H,15H2,1H3,(H,25,26). The third kappa shape index (κ3) is 4.33. The first-order valence-electron chi connectivity index (χ1n) is 9.38. The summed E-state index contributed by atoms with van der Waals surface area (Å²) in [6.45, 7) is 1.36. The number of carbonyl (C=O) groups excluding carboxylic acids is 2. The number of furan rings is 1. The van der Waals surface area contributed by atoms with Crippen LogP contribution in [-0.4, -0.2) is 18.5 Å². The maximum absolute atomic E-state index is 12.3. The number of ether oxygens (including phenoxy) is 2. The van der Waals surface area contributed by atoms with Gasteiger partial charge in [0.2, 0.25) is 5.76 Å². The fourth-order valence-corrected chi connectivity index (χ4v) is 2.99. The molecule has 6 nitrogen and oxygen atoms in total. The Bertz CT molecular complexity index is 1180. The zero-order valence-corrected chi connectivity index (χ0v) is 16.3. The van der Waals surface area contributed by atoms with Gasteiger partial charge in [-0.25, -0.2) is 4.79 Å². The summed E-state index contributed by atoms with van der Waals surface area (Å²) < 4.78 is 16.4. The van der Waals surface area contributed by atoms with Crippen molar-refractivity contribution in [3.63, 3.8) is 0 Å². The minimum absolute atomic E-state index is 0.103. The normalized spacial score (nSPS) is 10.6. The van der Waals surface area contributed by atoms with Crippen LogP contribution in [0.3, 0.4) is 0 Å². The molecule has 1 amide bonds. The second-order valence-electron chi connectivity index (χ2n) is 6.62. The zero-order valence-electron chi connectivity index (χ0n) is 16.3. The molecule has 1 N–H and O–H groups in total. The Hall–Kier alpha value is -4.06. The van der Waals surface area contributed by atoms with Gasteiger partial charge in [0.1, 0.15) is 17.1 Å². The largest absolute Gasteiger partial charge is 0.457 e. The SMILES string of the molecule is Cc1c(C(=O)OCC(=O)Nc2ccc(Oc3ccccc3)cc2)oc2ccccc12. The Morgan fingerprint density at radius 2 is 1.53 bits per heavy atom. The van der Waals surface area contributed by atoms with Crippen molar-refractivity contribution in [3.05, 3.63) is 90.2 Å². The van der Waals surface area contributed by atoms with Crippen molar-refractivity contribution in [2.24, 2.45) is 0 Å². The summed E-state index contributed by atoms with van der Waals surface area (Å²) in [4.78, 5) is 24.4. The van der Waals surface area contributed by atoms with Crippen LogP contribution in [0.2, 0.25) is 0 Å². The van der Waals surface area contributed by atoms with Gasteiger partial charge in [0, 0.05) is 16.6 Å². The number of esters is 1. The van der Waals surface area contributed by atoms with Gasteiger partial charge >= 0.3 is 5.97 Å². The molecule has 4 aromatic rings. The lowest BCUT2D eigenvalue weighted by Gasteiger charge is -2.08. The Balaban J connectivity index is 1.32. The second-order valence-corrected chi connectivity index (χ2v) is 6.62. The molecule has 0 spiro atoms. The van der Waals surface area contributed by atoms with Crippen molar-refractivity contribution >= 4 is 28.5 Å². The molecule has 0 atom stereocenters. The fourth-order valence-electron chi connectivity index (χ4n) is 2.99. The van der Waals surface area contributed by atoms with E-state index in [-0.39, 0.29) is 5.76 Å². The van der Waals surface area contributed by atoms with E-state index in [1.165, 1.54) is 0 Å². The van der Waals surface area contributed by atoms with Crippen LogP contribution in [-0.2, 0) is 9.53 Å². The van der Waals surface area contributed by atoms with Crippen LogP contribution in [0, 0.1) is 6.92 Å².